The molecule has 0 aliphatic carbocycles. The summed E-state index contributed by atoms with van der Waals surface area (Å²) >= 11 is 0. The zero-order valence-corrected chi connectivity index (χ0v) is 11.8. The highest BCUT2D eigenvalue weighted by Gasteiger charge is 2.39. The van der Waals surface area contributed by atoms with Gasteiger partial charge in [0, 0.05) is 23.7 Å². The van der Waals surface area contributed by atoms with E-state index in [-0.39, 0.29) is 11.1 Å². The van der Waals surface area contributed by atoms with Gasteiger partial charge in [-0.1, -0.05) is 6.92 Å². The fraction of sp³-hybridized carbons (Fsp3) is 1.00. The third kappa shape index (κ3) is 3.72. The molecule has 0 amide bonds. The number of piperidine rings is 1. The average molecular weight is 228 g/mol. The summed E-state index contributed by atoms with van der Waals surface area (Å²) in [5.74, 6) is 0. The Hall–Kier alpha value is -0.120. The molecule has 0 saturated carbocycles. The lowest BCUT2D eigenvalue weighted by Gasteiger charge is -2.48. The average Bonchev–Trinajstić information content (AvgIpc) is 2.08. The van der Waals surface area contributed by atoms with Gasteiger partial charge in [-0.25, -0.2) is 0 Å². The second kappa shape index (κ2) is 5.03. The van der Waals surface area contributed by atoms with Gasteiger partial charge in [0.25, 0.3) is 0 Å². The molecule has 0 radical (unpaired) electrons. The van der Waals surface area contributed by atoms with Gasteiger partial charge < -0.3 is 10.2 Å². The molecule has 0 atom stereocenters. The standard InChI is InChI=1S/C13H28N2O/c1-7-8-15(16-6)11-9-12(2,3)14-13(4,5)10-11/h11,14H,7-10H2,1-6H3. The van der Waals surface area contributed by atoms with Crippen LogP contribution in [0.3, 0.4) is 0 Å². The van der Waals surface area contributed by atoms with Crippen molar-refractivity contribution in [2.45, 2.75) is 71.0 Å². The van der Waals surface area contributed by atoms with E-state index in [1.165, 1.54) is 0 Å². The SMILES string of the molecule is CCCN(OC)C1CC(C)(C)NC(C)(C)C1. The molecular weight excluding hydrogens is 200 g/mol. The molecule has 1 aliphatic heterocycles. The van der Waals surface area contributed by atoms with E-state index >= 15 is 0 Å². The molecule has 3 nitrogen and oxygen atoms in total. The van der Waals surface area contributed by atoms with E-state index in [0.717, 1.165) is 25.8 Å². The van der Waals surface area contributed by atoms with Crippen molar-refractivity contribution in [3.63, 3.8) is 0 Å². The molecule has 1 N–H and O–H groups in total. The van der Waals surface area contributed by atoms with Crippen LogP contribution in [0.15, 0.2) is 0 Å². The lowest BCUT2D eigenvalue weighted by Crippen LogP contribution is -2.62. The summed E-state index contributed by atoms with van der Waals surface area (Å²) < 4.78 is 0. The number of hydrogen-bond acceptors (Lipinski definition) is 3. The molecule has 0 aromatic heterocycles. The van der Waals surface area contributed by atoms with E-state index in [9.17, 15) is 0 Å². The summed E-state index contributed by atoms with van der Waals surface area (Å²) in [5.41, 5.74) is 0.383. The highest BCUT2D eigenvalue weighted by molar-refractivity contribution is 4.99. The zero-order valence-electron chi connectivity index (χ0n) is 11.8. The fourth-order valence-corrected chi connectivity index (χ4v) is 3.12. The van der Waals surface area contributed by atoms with Gasteiger partial charge in [-0.15, -0.1) is 0 Å². The zero-order chi connectivity index (χ0) is 12.4. The Morgan fingerprint density at radius 2 is 1.69 bits per heavy atom. The van der Waals surface area contributed by atoms with Crippen molar-refractivity contribution in [2.24, 2.45) is 0 Å². The van der Waals surface area contributed by atoms with Crippen molar-refractivity contribution in [2.75, 3.05) is 13.7 Å². The Kier molecular flexibility index (Phi) is 4.38. The van der Waals surface area contributed by atoms with Crippen molar-refractivity contribution < 1.29 is 4.84 Å². The molecule has 96 valence electrons. The van der Waals surface area contributed by atoms with E-state index in [4.69, 9.17) is 4.84 Å². The van der Waals surface area contributed by atoms with Gasteiger partial charge in [-0.2, -0.15) is 5.06 Å². The van der Waals surface area contributed by atoms with Crippen LogP contribution in [0, 0.1) is 0 Å². The third-order valence-electron chi connectivity index (χ3n) is 3.25. The highest BCUT2D eigenvalue weighted by Crippen LogP contribution is 2.31. The Morgan fingerprint density at radius 3 is 2.06 bits per heavy atom. The smallest absolute Gasteiger partial charge is 0.0575 e. The summed E-state index contributed by atoms with van der Waals surface area (Å²) in [6.45, 7) is 12.3. The first-order valence-corrected chi connectivity index (χ1v) is 6.40. The number of rotatable bonds is 4. The Bertz CT molecular complexity index is 210. The van der Waals surface area contributed by atoms with Gasteiger partial charge >= 0.3 is 0 Å². The monoisotopic (exact) mass is 228 g/mol. The first-order chi connectivity index (χ1) is 7.29. The van der Waals surface area contributed by atoms with Crippen LogP contribution in [-0.4, -0.2) is 35.8 Å². The Labute approximate surface area is 100 Å². The van der Waals surface area contributed by atoms with Crippen LogP contribution >= 0.6 is 0 Å². The minimum atomic E-state index is 0.191. The quantitative estimate of drug-likeness (QED) is 0.749. The van der Waals surface area contributed by atoms with Crippen LogP contribution in [0.5, 0.6) is 0 Å². The Morgan fingerprint density at radius 1 is 1.19 bits per heavy atom. The second-order valence-electron chi connectivity index (χ2n) is 6.28. The molecule has 0 unspecified atom stereocenters. The number of hydrogen-bond donors (Lipinski definition) is 1. The molecule has 16 heavy (non-hydrogen) atoms. The van der Waals surface area contributed by atoms with Crippen molar-refractivity contribution in [3.8, 4) is 0 Å². The minimum Gasteiger partial charge on any atom is -0.307 e. The molecule has 0 bridgehead atoms. The van der Waals surface area contributed by atoms with E-state index in [1.54, 1.807) is 7.11 Å². The maximum absolute atomic E-state index is 5.52. The van der Waals surface area contributed by atoms with E-state index in [2.05, 4.69) is 45.0 Å². The number of nitrogens with zero attached hydrogens (tertiary/aromatic N) is 1. The van der Waals surface area contributed by atoms with E-state index < -0.39 is 0 Å². The van der Waals surface area contributed by atoms with Crippen LogP contribution in [0.1, 0.15) is 53.9 Å². The largest absolute Gasteiger partial charge is 0.307 e. The maximum atomic E-state index is 5.52. The van der Waals surface area contributed by atoms with Crippen LogP contribution in [0.4, 0.5) is 0 Å². The molecule has 3 heteroatoms. The van der Waals surface area contributed by atoms with Crippen LogP contribution < -0.4 is 5.32 Å². The van der Waals surface area contributed by atoms with Crippen molar-refractivity contribution in [3.05, 3.63) is 0 Å². The number of nitrogens with one attached hydrogen (secondary N) is 1. The first-order valence-electron chi connectivity index (χ1n) is 6.40. The fourth-order valence-electron chi connectivity index (χ4n) is 3.12. The van der Waals surface area contributed by atoms with Crippen LogP contribution in [0.2, 0.25) is 0 Å². The Balaban J connectivity index is 2.72. The van der Waals surface area contributed by atoms with Gasteiger partial charge in [0.05, 0.1) is 7.11 Å². The van der Waals surface area contributed by atoms with E-state index in [1.807, 2.05) is 0 Å². The first kappa shape index (κ1) is 13.9. The highest BCUT2D eigenvalue weighted by atomic mass is 16.7. The minimum absolute atomic E-state index is 0.191. The molecule has 1 heterocycles. The van der Waals surface area contributed by atoms with Crippen molar-refractivity contribution in [1.82, 2.24) is 10.4 Å². The summed E-state index contributed by atoms with van der Waals surface area (Å²) in [4.78, 5) is 5.52. The maximum Gasteiger partial charge on any atom is 0.0575 e. The normalized spacial score (nSPS) is 24.9. The van der Waals surface area contributed by atoms with Gasteiger partial charge in [-0.05, 0) is 47.0 Å². The molecule has 1 aliphatic rings. The van der Waals surface area contributed by atoms with Crippen LogP contribution in [0.25, 0.3) is 0 Å². The molecule has 0 aromatic carbocycles. The number of hydroxylamine groups is 2. The van der Waals surface area contributed by atoms with Gasteiger partial charge in [0.1, 0.15) is 0 Å². The third-order valence-corrected chi connectivity index (χ3v) is 3.25. The predicted octanol–water partition coefficient (Wildman–Crippen LogP) is 2.57. The summed E-state index contributed by atoms with van der Waals surface area (Å²) in [5, 5.41) is 5.86. The van der Waals surface area contributed by atoms with E-state index in [0.29, 0.717) is 6.04 Å². The summed E-state index contributed by atoms with van der Waals surface area (Å²) in [6, 6.07) is 0.524. The molecule has 1 rings (SSSR count). The summed E-state index contributed by atoms with van der Waals surface area (Å²) in [7, 11) is 1.79. The second-order valence-corrected chi connectivity index (χ2v) is 6.28. The molecule has 1 fully saturated rings. The van der Waals surface area contributed by atoms with Crippen molar-refractivity contribution in [1.29, 1.82) is 0 Å². The van der Waals surface area contributed by atoms with Gasteiger partial charge in [-0.3, -0.25) is 0 Å². The van der Waals surface area contributed by atoms with Crippen molar-refractivity contribution >= 4 is 0 Å². The molecular formula is C13H28N2O. The summed E-state index contributed by atoms with van der Waals surface area (Å²) in [6.07, 6.45) is 3.42. The molecule has 0 aromatic rings. The lowest BCUT2D eigenvalue weighted by molar-refractivity contribution is -0.178. The topological polar surface area (TPSA) is 24.5 Å². The van der Waals surface area contributed by atoms with Crippen LogP contribution in [-0.2, 0) is 4.84 Å². The van der Waals surface area contributed by atoms with Gasteiger partial charge in [0.15, 0.2) is 0 Å². The molecule has 0 spiro atoms. The lowest BCUT2D eigenvalue weighted by atomic mass is 9.79. The predicted molar refractivity (Wildman–Crippen MR) is 68.3 cm³/mol. The van der Waals surface area contributed by atoms with Gasteiger partial charge in [0.2, 0.25) is 0 Å². The molecule has 1 saturated heterocycles.